The van der Waals surface area contributed by atoms with Crippen LogP contribution in [0.1, 0.15) is 63.9 Å². The summed E-state index contributed by atoms with van der Waals surface area (Å²) in [7, 11) is 1.43. The van der Waals surface area contributed by atoms with E-state index in [1.165, 1.54) is 52.1 Å². The Kier molecular flexibility index (Phi) is 17.5. The zero-order chi connectivity index (χ0) is 41.4. The number of rotatable bonds is 19. The molecular formula is C38H46O18. The first-order valence-corrected chi connectivity index (χ1v) is 17.4. The summed E-state index contributed by atoms with van der Waals surface area (Å²) in [5.74, 6) is -4.13. The third kappa shape index (κ3) is 14.8. The summed E-state index contributed by atoms with van der Waals surface area (Å²) in [6, 6.07) is 10.6. The molecule has 0 saturated carbocycles. The Morgan fingerprint density at radius 1 is 0.661 bits per heavy atom. The van der Waals surface area contributed by atoms with Crippen molar-refractivity contribution in [1.29, 1.82) is 0 Å². The van der Waals surface area contributed by atoms with E-state index in [1.807, 2.05) is 0 Å². The predicted molar refractivity (Wildman–Crippen MR) is 188 cm³/mol. The highest BCUT2D eigenvalue weighted by atomic mass is 16.7. The van der Waals surface area contributed by atoms with Crippen LogP contribution in [0.2, 0.25) is 0 Å². The smallest absolute Gasteiger partial charge is 0.338 e. The second kappa shape index (κ2) is 22.0. The molecular weight excluding hydrogens is 744 g/mol. The number of esters is 7. The van der Waals surface area contributed by atoms with Crippen LogP contribution >= 0.6 is 0 Å². The van der Waals surface area contributed by atoms with E-state index < -0.39 is 85.8 Å². The number of methoxy groups -OCH3 is 1. The molecule has 1 aliphatic heterocycles. The van der Waals surface area contributed by atoms with Crippen LogP contribution in [-0.2, 0) is 73.1 Å². The van der Waals surface area contributed by atoms with Crippen molar-refractivity contribution in [1.82, 2.24) is 0 Å². The minimum atomic E-state index is -1.56. The van der Waals surface area contributed by atoms with Gasteiger partial charge in [0.15, 0.2) is 42.2 Å². The van der Waals surface area contributed by atoms with Crippen LogP contribution < -0.4 is 14.2 Å². The first-order valence-electron chi connectivity index (χ1n) is 17.4. The maximum Gasteiger partial charge on any atom is 0.338 e. The van der Waals surface area contributed by atoms with Gasteiger partial charge in [-0.1, -0.05) is 6.07 Å². The Morgan fingerprint density at radius 2 is 1.29 bits per heavy atom. The van der Waals surface area contributed by atoms with Crippen LogP contribution in [-0.4, -0.2) is 112 Å². The largest absolute Gasteiger partial charge is 0.493 e. The number of hydrogen-bond acceptors (Lipinski definition) is 18. The maximum atomic E-state index is 13.0. The van der Waals surface area contributed by atoms with Crippen LogP contribution in [0.4, 0.5) is 0 Å². The van der Waals surface area contributed by atoms with Gasteiger partial charge in [0.1, 0.15) is 25.1 Å². The second-order valence-corrected chi connectivity index (χ2v) is 12.3. The molecule has 1 saturated heterocycles. The van der Waals surface area contributed by atoms with Crippen LogP contribution in [0, 0.1) is 0 Å². The third-order valence-corrected chi connectivity index (χ3v) is 7.58. The van der Waals surface area contributed by atoms with Gasteiger partial charge in [-0.3, -0.25) is 28.8 Å². The Labute approximate surface area is 322 Å². The molecule has 1 aliphatic rings. The minimum absolute atomic E-state index is 0.0683. The SMILES string of the molecule is COc1cc(CCCOC(C)=O)ccc1OC(COC(C)=O)CO[C@@H]1O[C@H](COC(=O)c2ccc(OC(C)=O)cc2)[C@@H](OC(C)=O)[C@H](OC(C)=O)[C@H]1OC(C)=O. The van der Waals surface area contributed by atoms with E-state index in [2.05, 4.69) is 0 Å². The number of ether oxygens (including phenoxy) is 11. The van der Waals surface area contributed by atoms with E-state index in [4.69, 9.17) is 52.1 Å². The fourth-order valence-electron chi connectivity index (χ4n) is 5.35. The number of carbonyl (C=O) groups excluding carboxylic acids is 7. The van der Waals surface area contributed by atoms with E-state index in [1.54, 1.807) is 18.2 Å². The fourth-order valence-corrected chi connectivity index (χ4v) is 5.35. The molecule has 0 radical (unpaired) electrons. The van der Waals surface area contributed by atoms with Crippen molar-refractivity contribution in [2.45, 2.75) is 91.2 Å². The molecule has 0 aromatic heterocycles. The molecule has 306 valence electrons. The van der Waals surface area contributed by atoms with Gasteiger partial charge < -0.3 is 52.1 Å². The minimum Gasteiger partial charge on any atom is -0.493 e. The normalized spacial score (nSPS) is 19.3. The lowest BCUT2D eigenvalue weighted by atomic mass is 9.98. The summed E-state index contributed by atoms with van der Waals surface area (Å²) in [6.07, 6.45) is -7.34. The molecule has 0 aliphatic carbocycles. The van der Waals surface area contributed by atoms with Crippen LogP contribution in [0.25, 0.3) is 0 Å². The van der Waals surface area contributed by atoms with Crippen molar-refractivity contribution < 1.29 is 85.7 Å². The third-order valence-electron chi connectivity index (χ3n) is 7.58. The monoisotopic (exact) mass is 790 g/mol. The van der Waals surface area contributed by atoms with Crippen molar-refractivity contribution >= 4 is 41.8 Å². The van der Waals surface area contributed by atoms with Gasteiger partial charge in [0.25, 0.3) is 0 Å². The highest BCUT2D eigenvalue weighted by molar-refractivity contribution is 5.89. The van der Waals surface area contributed by atoms with Crippen molar-refractivity contribution in [3.05, 3.63) is 53.6 Å². The van der Waals surface area contributed by atoms with E-state index in [0.717, 1.165) is 26.3 Å². The molecule has 0 amide bonds. The molecule has 1 heterocycles. The van der Waals surface area contributed by atoms with Gasteiger partial charge in [0.2, 0.25) is 0 Å². The van der Waals surface area contributed by atoms with E-state index in [9.17, 15) is 33.6 Å². The molecule has 0 bridgehead atoms. The lowest BCUT2D eigenvalue weighted by Crippen LogP contribution is -2.63. The molecule has 56 heavy (non-hydrogen) atoms. The lowest BCUT2D eigenvalue weighted by molar-refractivity contribution is -0.310. The van der Waals surface area contributed by atoms with Gasteiger partial charge in [-0.2, -0.15) is 0 Å². The number of hydrogen-bond donors (Lipinski definition) is 0. The van der Waals surface area contributed by atoms with E-state index in [-0.39, 0.29) is 36.2 Å². The Hall–Kier alpha value is -5.75. The van der Waals surface area contributed by atoms with E-state index in [0.29, 0.717) is 18.6 Å². The number of aryl methyl sites for hydroxylation is 1. The average molecular weight is 791 g/mol. The Balaban J connectivity index is 1.88. The molecule has 18 nitrogen and oxygen atoms in total. The summed E-state index contributed by atoms with van der Waals surface area (Å²) in [5, 5.41) is 0. The molecule has 0 N–H and O–H groups in total. The lowest BCUT2D eigenvalue weighted by Gasteiger charge is -2.44. The summed E-state index contributed by atoms with van der Waals surface area (Å²) >= 11 is 0. The molecule has 0 spiro atoms. The van der Waals surface area contributed by atoms with Crippen molar-refractivity contribution in [2.75, 3.05) is 33.5 Å². The average Bonchev–Trinajstić information content (AvgIpc) is 3.12. The zero-order valence-corrected chi connectivity index (χ0v) is 32.1. The fraction of sp³-hybridized carbons (Fsp3) is 0.500. The Morgan fingerprint density at radius 3 is 1.88 bits per heavy atom. The first kappa shape index (κ1) is 44.6. The quantitative estimate of drug-likeness (QED) is 0.0864. The summed E-state index contributed by atoms with van der Waals surface area (Å²) in [4.78, 5) is 84.1. The summed E-state index contributed by atoms with van der Waals surface area (Å²) in [5.41, 5.74) is 0.928. The highest BCUT2D eigenvalue weighted by Crippen LogP contribution is 2.32. The van der Waals surface area contributed by atoms with E-state index >= 15 is 0 Å². The zero-order valence-electron chi connectivity index (χ0n) is 32.1. The van der Waals surface area contributed by atoms with Gasteiger partial charge in [0.05, 0.1) is 25.9 Å². The van der Waals surface area contributed by atoms with Crippen LogP contribution in [0.3, 0.4) is 0 Å². The summed E-state index contributed by atoms with van der Waals surface area (Å²) in [6.45, 7) is 5.94. The van der Waals surface area contributed by atoms with Crippen LogP contribution in [0.5, 0.6) is 17.2 Å². The number of carbonyl (C=O) groups is 7. The maximum absolute atomic E-state index is 13.0. The topological polar surface area (TPSA) is 221 Å². The first-order chi connectivity index (χ1) is 26.6. The van der Waals surface area contributed by atoms with Crippen molar-refractivity contribution in [2.24, 2.45) is 0 Å². The van der Waals surface area contributed by atoms with Gasteiger partial charge >= 0.3 is 41.8 Å². The molecule has 18 heteroatoms. The van der Waals surface area contributed by atoms with Gasteiger partial charge in [-0.05, 0) is 54.8 Å². The standard InChI is InChI=1S/C38H46O18/c1-21(39)47-16-8-9-27-10-15-31(32(17-27)46-7)55-30(18-48-22(2)40)19-50-38-36(54-26(6)44)35(53-25(5)43)34(52-24(4)42)33(56-38)20-49-37(45)28-11-13-29(14-12-28)51-23(3)41/h10-15,17,30,33-36,38H,8-9,16,18-20H2,1-7H3/t30?,33-,34-,35+,36-,38-/m1/s1. The van der Waals surface area contributed by atoms with Gasteiger partial charge in [-0.25, -0.2) is 4.79 Å². The summed E-state index contributed by atoms with van der Waals surface area (Å²) < 4.78 is 61.0. The van der Waals surface area contributed by atoms with Crippen molar-refractivity contribution in [3.8, 4) is 17.2 Å². The molecule has 3 rings (SSSR count). The predicted octanol–water partition coefficient (Wildman–Crippen LogP) is 2.82. The second-order valence-electron chi connectivity index (χ2n) is 12.3. The van der Waals surface area contributed by atoms with Gasteiger partial charge in [-0.15, -0.1) is 0 Å². The highest BCUT2D eigenvalue weighted by Gasteiger charge is 2.53. The van der Waals surface area contributed by atoms with Gasteiger partial charge in [0, 0.05) is 41.5 Å². The van der Waals surface area contributed by atoms with Crippen LogP contribution in [0.15, 0.2) is 42.5 Å². The van der Waals surface area contributed by atoms with Crippen molar-refractivity contribution in [3.63, 3.8) is 0 Å². The molecule has 1 unspecified atom stereocenters. The molecule has 2 aromatic rings. The number of benzene rings is 2. The Bertz CT molecular complexity index is 1690. The molecule has 2 aromatic carbocycles. The molecule has 6 atom stereocenters. The molecule has 1 fully saturated rings.